The van der Waals surface area contributed by atoms with E-state index in [0.717, 1.165) is 50.8 Å². The smallest absolute Gasteiger partial charge is 0.324 e. The van der Waals surface area contributed by atoms with Crippen LogP contribution in [0, 0.1) is 11.3 Å². The third-order valence-corrected chi connectivity index (χ3v) is 13.9. The molecule has 4 atom stereocenters. The number of aryl methyl sites for hydroxylation is 1. The molecule has 7 rings (SSSR count). The lowest BCUT2D eigenvalue weighted by Gasteiger charge is -2.43. The van der Waals surface area contributed by atoms with Gasteiger partial charge >= 0.3 is 12.0 Å². The van der Waals surface area contributed by atoms with Gasteiger partial charge in [-0.3, -0.25) is 24.2 Å². The van der Waals surface area contributed by atoms with Crippen molar-refractivity contribution in [1.82, 2.24) is 35.0 Å². The molecule has 3 N–H and O–H groups in total. The van der Waals surface area contributed by atoms with Crippen LogP contribution in [0.15, 0.2) is 73.3 Å². The fraction of sp³-hybridized carbons (Fsp3) is 0.500. The van der Waals surface area contributed by atoms with Crippen molar-refractivity contribution in [2.75, 3.05) is 67.3 Å². The van der Waals surface area contributed by atoms with E-state index in [2.05, 4.69) is 73.0 Å². The number of carbonyl (C=O) groups is 5. The van der Waals surface area contributed by atoms with Gasteiger partial charge in [0.05, 0.1) is 31.6 Å². The summed E-state index contributed by atoms with van der Waals surface area (Å²) in [6, 6.07) is 16.1. The van der Waals surface area contributed by atoms with E-state index in [1.54, 1.807) is 36.1 Å². The van der Waals surface area contributed by atoms with Crippen molar-refractivity contribution in [1.29, 1.82) is 0 Å². The molecule has 1 aromatic heterocycles. The Bertz CT molecular complexity index is 2590. The van der Waals surface area contributed by atoms with E-state index >= 15 is 0 Å². The third-order valence-electron chi connectivity index (χ3n) is 13.9. The van der Waals surface area contributed by atoms with Gasteiger partial charge in [0.25, 0.3) is 5.91 Å². The second kappa shape index (κ2) is 22.2. The highest BCUT2D eigenvalue weighted by Gasteiger charge is 2.40. The van der Waals surface area contributed by atoms with Crippen LogP contribution in [-0.4, -0.2) is 151 Å². The van der Waals surface area contributed by atoms with E-state index in [9.17, 15) is 29.1 Å². The van der Waals surface area contributed by atoms with Crippen LogP contribution in [0.4, 0.5) is 4.79 Å². The maximum absolute atomic E-state index is 14.8. The number of cyclic esters (lactones) is 1. The fourth-order valence-electron chi connectivity index (χ4n) is 10.5. The number of rotatable bonds is 12. The number of nitrogens with zero attached hydrogens (tertiary/aromatic N) is 5. The van der Waals surface area contributed by atoms with Gasteiger partial charge in [0.2, 0.25) is 11.8 Å². The van der Waals surface area contributed by atoms with E-state index in [-0.39, 0.29) is 63.4 Å². The number of ether oxygens (including phenoxy) is 3. The molecule has 0 unspecified atom stereocenters. The minimum absolute atomic E-state index is 0.00858. The molecule has 16 nitrogen and oxygen atoms in total. The zero-order valence-corrected chi connectivity index (χ0v) is 42.1. The standard InChI is InChI=1S/C54H71N7O9/c1-10-47(63)60-23-22-58(31-39(60)32-69-9)53(67)57(7)48(34(3)4)50(64)55-45-27-35-25-38(28-40(62)26-35)37-18-19-46-42(29-37)43(49(59(46)11-2)41-16-13-12-15-36(41)20-24-68-8)30-54(5,6)33-70-52(66)44-17-14-21-61(56-44)51(45)65/h10,12-13,15-16,18-19,25-26,28-29,34,39,44-45,48,56,62H,1,11,14,17,20-24,27,30-33H2,2-9H3,(H,55,64)/t39-,44-,45-,48-/m0/s1. The summed E-state index contributed by atoms with van der Waals surface area (Å²) in [4.78, 5) is 75.0. The van der Waals surface area contributed by atoms with Gasteiger partial charge < -0.3 is 43.9 Å². The van der Waals surface area contributed by atoms with Crippen molar-refractivity contribution < 1.29 is 43.3 Å². The van der Waals surface area contributed by atoms with Crippen LogP contribution in [-0.2, 0) is 59.2 Å². The average Bonchev–Trinajstić information content (AvgIpc) is 3.64. The van der Waals surface area contributed by atoms with Crippen LogP contribution in [0.3, 0.4) is 0 Å². The Kier molecular flexibility index (Phi) is 16.4. The summed E-state index contributed by atoms with van der Waals surface area (Å²) < 4.78 is 19.4. The Labute approximate surface area is 411 Å². The number of carbonyl (C=O) groups excluding carboxylic acids is 5. The molecule has 3 aliphatic heterocycles. The van der Waals surface area contributed by atoms with Gasteiger partial charge in [-0.15, -0.1) is 0 Å². The molecule has 376 valence electrons. The number of hydrogen-bond acceptors (Lipinski definition) is 10. The van der Waals surface area contributed by atoms with Crippen LogP contribution in [0.1, 0.15) is 64.2 Å². The number of amides is 5. The summed E-state index contributed by atoms with van der Waals surface area (Å²) in [5.74, 6) is -2.15. The summed E-state index contributed by atoms with van der Waals surface area (Å²) in [5.41, 5.74) is 10.3. The maximum Gasteiger partial charge on any atom is 0.324 e. The Balaban J connectivity index is 1.28. The van der Waals surface area contributed by atoms with Gasteiger partial charge in [-0.25, -0.2) is 10.2 Å². The minimum atomic E-state index is -1.18. The number of hydrogen-bond donors (Lipinski definition) is 3. The predicted molar refractivity (Wildman–Crippen MR) is 269 cm³/mol. The van der Waals surface area contributed by atoms with Crippen molar-refractivity contribution >= 4 is 40.6 Å². The number of hydrazine groups is 1. The number of methoxy groups -OCH3 is 2. The van der Waals surface area contributed by atoms with Gasteiger partial charge in [-0.1, -0.05) is 70.7 Å². The zero-order chi connectivity index (χ0) is 50.4. The molecule has 0 spiro atoms. The Hall–Kier alpha value is -6.23. The Morgan fingerprint density at radius 1 is 1.03 bits per heavy atom. The summed E-state index contributed by atoms with van der Waals surface area (Å²) in [6.45, 7) is 16.2. The van der Waals surface area contributed by atoms with E-state index in [0.29, 0.717) is 38.0 Å². The average molecular weight is 962 g/mol. The van der Waals surface area contributed by atoms with Crippen molar-refractivity contribution in [2.24, 2.45) is 11.3 Å². The van der Waals surface area contributed by atoms with Gasteiger partial charge in [0.1, 0.15) is 23.9 Å². The van der Waals surface area contributed by atoms with Crippen LogP contribution in [0.2, 0.25) is 0 Å². The maximum atomic E-state index is 14.8. The van der Waals surface area contributed by atoms with Crippen LogP contribution in [0.25, 0.3) is 33.3 Å². The van der Waals surface area contributed by atoms with E-state index < -0.39 is 53.4 Å². The second-order valence-corrected chi connectivity index (χ2v) is 20.0. The number of aromatic hydroxyl groups is 1. The lowest BCUT2D eigenvalue weighted by molar-refractivity contribution is -0.155. The molecular formula is C54H71N7O9. The lowest BCUT2D eigenvalue weighted by atomic mass is 9.83. The number of aromatic nitrogens is 1. The summed E-state index contributed by atoms with van der Waals surface area (Å²) in [6.07, 6.45) is 3.48. The number of piperazine rings is 1. The highest BCUT2D eigenvalue weighted by atomic mass is 16.5. The molecule has 0 aliphatic carbocycles. The summed E-state index contributed by atoms with van der Waals surface area (Å²) >= 11 is 0. The van der Waals surface area contributed by atoms with Crippen LogP contribution < -0.4 is 10.7 Å². The Morgan fingerprint density at radius 3 is 2.51 bits per heavy atom. The molecule has 0 saturated carbocycles. The monoisotopic (exact) mass is 962 g/mol. The molecule has 6 bridgehead atoms. The SMILES string of the molecule is C=CC(=O)N1CCN(C(=O)N(C)[C@H](C(=O)N[C@H]2Cc3cc(O)cc(c3)-c3ccc4c(c3)c(c(-c3ccccc3CCOC)n4CC)CC(C)(C)COC(=O)[C@@H]3CCCN(N3)C2=O)C(C)C)C[C@H]1COC. The first-order valence-corrected chi connectivity index (χ1v) is 24.5. The number of likely N-dealkylation sites (N-methyl/N-ethyl adjacent to an activating group) is 1. The van der Waals surface area contributed by atoms with Crippen LogP contribution >= 0.6 is 0 Å². The number of esters is 1. The molecule has 16 heteroatoms. The highest BCUT2D eigenvalue weighted by Crippen LogP contribution is 2.41. The summed E-state index contributed by atoms with van der Waals surface area (Å²) in [7, 11) is 4.80. The molecule has 2 fully saturated rings. The van der Waals surface area contributed by atoms with Crippen molar-refractivity contribution in [3.05, 3.63) is 90.0 Å². The zero-order valence-electron chi connectivity index (χ0n) is 42.1. The number of phenolic OH excluding ortho intramolecular Hbond substituents is 1. The van der Waals surface area contributed by atoms with Crippen molar-refractivity contribution in [3.63, 3.8) is 0 Å². The second-order valence-electron chi connectivity index (χ2n) is 20.0. The molecule has 3 aliphatic rings. The number of benzene rings is 3. The first-order chi connectivity index (χ1) is 33.5. The first-order valence-electron chi connectivity index (χ1n) is 24.5. The quantitative estimate of drug-likeness (QED) is 0.114. The molecule has 3 aromatic carbocycles. The molecule has 70 heavy (non-hydrogen) atoms. The van der Waals surface area contributed by atoms with Gasteiger partial charge in [0, 0.05) is 82.3 Å². The molecule has 5 amide bonds. The van der Waals surface area contributed by atoms with Gasteiger partial charge in [-0.2, -0.15) is 0 Å². The van der Waals surface area contributed by atoms with Gasteiger partial charge in [0.15, 0.2) is 0 Å². The minimum Gasteiger partial charge on any atom is -0.508 e. The normalized spacial score (nSPS) is 20.2. The molecule has 4 heterocycles. The third kappa shape index (κ3) is 11.2. The summed E-state index contributed by atoms with van der Waals surface area (Å²) in [5, 5.41) is 16.8. The largest absolute Gasteiger partial charge is 0.508 e. The number of nitrogens with one attached hydrogen (secondary N) is 2. The number of urea groups is 1. The lowest BCUT2D eigenvalue weighted by Crippen LogP contribution is -2.63. The van der Waals surface area contributed by atoms with E-state index in [1.807, 2.05) is 32.0 Å². The predicted octanol–water partition coefficient (Wildman–Crippen LogP) is 5.96. The van der Waals surface area contributed by atoms with E-state index in [4.69, 9.17) is 14.2 Å². The molecular weight excluding hydrogens is 891 g/mol. The number of fused-ring (bicyclic) bond motifs is 6. The Morgan fingerprint density at radius 2 is 1.80 bits per heavy atom. The van der Waals surface area contributed by atoms with E-state index in [1.165, 1.54) is 23.1 Å². The van der Waals surface area contributed by atoms with Gasteiger partial charge in [-0.05, 0) is 96.7 Å². The topological polar surface area (TPSA) is 175 Å². The van der Waals surface area contributed by atoms with Crippen molar-refractivity contribution in [2.45, 2.75) is 97.4 Å². The molecule has 2 saturated heterocycles. The molecule has 0 radical (unpaired) electrons. The number of phenols is 1. The molecule has 4 aromatic rings. The highest BCUT2D eigenvalue weighted by molar-refractivity contribution is 5.96. The first kappa shape index (κ1) is 51.6. The van der Waals surface area contributed by atoms with Crippen molar-refractivity contribution in [3.8, 4) is 28.1 Å². The van der Waals surface area contributed by atoms with Crippen LogP contribution in [0.5, 0.6) is 5.75 Å². The fourth-order valence-corrected chi connectivity index (χ4v) is 10.5.